The van der Waals surface area contributed by atoms with Crippen molar-refractivity contribution < 1.29 is 0 Å². The van der Waals surface area contributed by atoms with E-state index in [0.717, 1.165) is 18.8 Å². The zero-order valence-corrected chi connectivity index (χ0v) is 11.4. The highest BCUT2D eigenvalue weighted by Gasteiger charge is 2.31. The van der Waals surface area contributed by atoms with Gasteiger partial charge in [0.25, 0.3) is 0 Å². The van der Waals surface area contributed by atoms with Gasteiger partial charge in [0.1, 0.15) is 0 Å². The van der Waals surface area contributed by atoms with E-state index in [0.29, 0.717) is 12.0 Å². The number of pyridine rings is 1. The molecule has 1 aliphatic carbocycles. The summed E-state index contributed by atoms with van der Waals surface area (Å²) in [5.74, 6) is 0. The molecule has 1 aliphatic rings. The van der Waals surface area contributed by atoms with Crippen LogP contribution in [0.4, 0.5) is 0 Å². The molecule has 18 heavy (non-hydrogen) atoms. The van der Waals surface area contributed by atoms with Gasteiger partial charge in [-0.15, -0.1) is 0 Å². The molecule has 0 amide bonds. The largest absolute Gasteiger partial charge is 0.325 e. The summed E-state index contributed by atoms with van der Waals surface area (Å²) in [6.45, 7) is 4.92. The smallest absolute Gasteiger partial charge is 0.0542 e. The maximum Gasteiger partial charge on any atom is 0.0542 e. The van der Waals surface area contributed by atoms with Crippen molar-refractivity contribution in [2.75, 3.05) is 6.54 Å². The van der Waals surface area contributed by atoms with Gasteiger partial charge in [-0.05, 0) is 42.4 Å². The molecule has 1 aromatic heterocycles. The third-order valence-corrected chi connectivity index (χ3v) is 4.33. The van der Waals surface area contributed by atoms with Crippen molar-refractivity contribution in [1.82, 2.24) is 10.3 Å². The van der Waals surface area contributed by atoms with Crippen molar-refractivity contribution in [2.24, 2.45) is 11.1 Å². The molecule has 0 aromatic carbocycles. The van der Waals surface area contributed by atoms with E-state index < -0.39 is 0 Å². The van der Waals surface area contributed by atoms with Crippen LogP contribution in [0.2, 0.25) is 0 Å². The number of rotatable bonds is 6. The van der Waals surface area contributed by atoms with Gasteiger partial charge in [0.15, 0.2) is 0 Å². The van der Waals surface area contributed by atoms with Gasteiger partial charge >= 0.3 is 0 Å². The lowest BCUT2D eigenvalue weighted by Gasteiger charge is -2.27. The highest BCUT2D eigenvalue weighted by Crippen LogP contribution is 2.40. The van der Waals surface area contributed by atoms with Crippen LogP contribution in [0.5, 0.6) is 0 Å². The van der Waals surface area contributed by atoms with Gasteiger partial charge in [0, 0.05) is 25.8 Å². The lowest BCUT2D eigenvalue weighted by atomic mass is 9.83. The molecule has 3 N–H and O–H groups in total. The summed E-state index contributed by atoms with van der Waals surface area (Å²) >= 11 is 0. The van der Waals surface area contributed by atoms with Crippen LogP contribution in [0.25, 0.3) is 0 Å². The maximum atomic E-state index is 5.61. The van der Waals surface area contributed by atoms with Gasteiger partial charge in [-0.3, -0.25) is 4.98 Å². The lowest BCUT2D eigenvalue weighted by molar-refractivity contribution is 0.268. The van der Waals surface area contributed by atoms with Crippen LogP contribution in [-0.2, 0) is 13.1 Å². The van der Waals surface area contributed by atoms with Crippen molar-refractivity contribution in [3.8, 4) is 0 Å². The van der Waals surface area contributed by atoms with E-state index >= 15 is 0 Å². The number of aromatic nitrogens is 1. The van der Waals surface area contributed by atoms with Gasteiger partial charge in [-0.1, -0.05) is 19.8 Å². The molecule has 3 nitrogen and oxygen atoms in total. The first-order valence-corrected chi connectivity index (χ1v) is 7.12. The average molecular weight is 247 g/mol. The Kier molecular flexibility index (Phi) is 4.72. The third-order valence-electron chi connectivity index (χ3n) is 4.33. The predicted molar refractivity (Wildman–Crippen MR) is 75.0 cm³/mol. The summed E-state index contributed by atoms with van der Waals surface area (Å²) in [4.78, 5) is 4.22. The molecule has 2 rings (SSSR count). The fourth-order valence-electron chi connectivity index (χ4n) is 3.00. The molecule has 1 saturated carbocycles. The standard InChI is InChI=1S/C15H25N3/c1-2-15(6-3-4-7-15)12-17-11-13-5-8-18-14(9-13)10-16/h5,8-9,17H,2-4,6-7,10-12,16H2,1H3. The van der Waals surface area contributed by atoms with Crippen LogP contribution < -0.4 is 11.1 Å². The van der Waals surface area contributed by atoms with Crippen molar-refractivity contribution in [1.29, 1.82) is 0 Å². The van der Waals surface area contributed by atoms with Crippen molar-refractivity contribution in [2.45, 2.75) is 52.1 Å². The molecule has 0 saturated heterocycles. The second-order valence-electron chi connectivity index (χ2n) is 5.52. The Hall–Kier alpha value is -0.930. The second-order valence-corrected chi connectivity index (χ2v) is 5.52. The monoisotopic (exact) mass is 247 g/mol. The molecular formula is C15H25N3. The summed E-state index contributed by atoms with van der Waals surface area (Å²) in [6, 6.07) is 4.17. The highest BCUT2D eigenvalue weighted by atomic mass is 14.9. The van der Waals surface area contributed by atoms with Gasteiger partial charge in [-0.25, -0.2) is 0 Å². The van der Waals surface area contributed by atoms with Crippen LogP contribution in [0.1, 0.15) is 50.3 Å². The minimum atomic E-state index is 0.521. The molecule has 0 unspecified atom stereocenters. The molecule has 1 aromatic rings. The predicted octanol–water partition coefficient (Wildman–Crippen LogP) is 2.60. The number of nitrogens with two attached hydrogens (primary N) is 1. The number of hydrogen-bond acceptors (Lipinski definition) is 3. The first-order valence-electron chi connectivity index (χ1n) is 7.12. The fourth-order valence-corrected chi connectivity index (χ4v) is 3.00. The summed E-state index contributed by atoms with van der Waals surface area (Å²) in [6.07, 6.45) is 8.74. The Bertz CT molecular complexity index is 370. The molecule has 1 heterocycles. The molecule has 0 spiro atoms. The number of hydrogen-bond donors (Lipinski definition) is 2. The SMILES string of the molecule is CCC1(CNCc2ccnc(CN)c2)CCCC1. The molecule has 100 valence electrons. The van der Waals surface area contributed by atoms with Crippen molar-refractivity contribution >= 4 is 0 Å². The minimum absolute atomic E-state index is 0.521. The van der Waals surface area contributed by atoms with E-state index in [9.17, 15) is 0 Å². The van der Waals surface area contributed by atoms with Crippen LogP contribution >= 0.6 is 0 Å². The zero-order valence-electron chi connectivity index (χ0n) is 11.4. The van der Waals surface area contributed by atoms with Gasteiger partial charge in [0.2, 0.25) is 0 Å². The van der Waals surface area contributed by atoms with E-state index in [2.05, 4.69) is 29.4 Å². The fraction of sp³-hybridized carbons (Fsp3) is 0.667. The third kappa shape index (κ3) is 3.30. The minimum Gasteiger partial charge on any atom is -0.325 e. The van der Waals surface area contributed by atoms with Crippen LogP contribution in [0.15, 0.2) is 18.3 Å². The summed E-state index contributed by atoms with van der Waals surface area (Å²) < 4.78 is 0. The zero-order chi connectivity index (χ0) is 12.8. The molecule has 3 heteroatoms. The van der Waals surface area contributed by atoms with Crippen LogP contribution in [0, 0.1) is 5.41 Å². The summed E-state index contributed by atoms with van der Waals surface area (Å²) in [7, 11) is 0. The van der Waals surface area contributed by atoms with Crippen molar-refractivity contribution in [3.63, 3.8) is 0 Å². The van der Waals surface area contributed by atoms with E-state index in [4.69, 9.17) is 5.73 Å². The van der Waals surface area contributed by atoms with Crippen molar-refractivity contribution in [3.05, 3.63) is 29.6 Å². The molecule has 1 fully saturated rings. The van der Waals surface area contributed by atoms with E-state index in [-0.39, 0.29) is 0 Å². The molecule has 0 radical (unpaired) electrons. The molecule has 0 atom stereocenters. The molecule has 0 aliphatic heterocycles. The van der Waals surface area contributed by atoms with E-state index in [1.807, 2.05) is 6.20 Å². The Morgan fingerprint density at radius 3 is 2.83 bits per heavy atom. The number of nitrogens with one attached hydrogen (secondary N) is 1. The van der Waals surface area contributed by atoms with Gasteiger partial charge in [-0.2, -0.15) is 0 Å². The first kappa shape index (κ1) is 13.5. The Balaban J connectivity index is 1.84. The maximum absolute atomic E-state index is 5.61. The second kappa shape index (κ2) is 6.30. The Labute approximate surface area is 110 Å². The highest BCUT2D eigenvalue weighted by molar-refractivity contribution is 5.16. The Morgan fingerprint density at radius 2 is 2.17 bits per heavy atom. The topological polar surface area (TPSA) is 50.9 Å². The summed E-state index contributed by atoms with van der Waals surface area (Å²) in [5, 5.41) is 3.62. The van der Waals surface area contributed by atoms with E-state index in [1.54, 1.807) is 0 Å². The first-order chi connectivity index (χ1) is 8.78. The van der Waals surface area contributed by atoms with Crippen LogP contribution in [0.3, 0.4) is 0 Å². The van der Waals surface area contributed by atoms with Gasteiger partial charge in [0.05, 0.1) is 5.69 Å². The average Bonchev–Trinajstić information content (AvgIpc) is 2.88. The van der Waals surface area contributed by atoms with E-state index in [1.165, 1.54) is 37.7 Å². The van der Waals surface area contributed by atoms with Crippen LogP contribution in [-0.4, -0.2) is 11.5 Å². The quantitative estimate of drug-likeness (QED) is 0.812. The molecule has 0 bridgehead atoms. The number of nitrogens with zero attached hydrogens (tertiary/aromatic N) is 1. The Morgan fingerprint density at radius 1 is 1.39 bits per heavy atom. The normalized spacial score (nSPS) is 18.1. The van der Waals surface area contributed by atoms with Gasteiger partial charge < -0.3 is 11.1 Å². The lowest BCUT2D eigenvalue weighted by Crippen LogP contribution is -2.31. The molecular weight excluding hydrogens is 222 g/mol. The summed E-state index contributed by atoms with van der Waals surface area (Å²) in [5.41, 5.74) is 8.43.